The van der Waals surface area contributed by atoms with Crippen molar-refractivity contribution in [1.82, 2.24) is 4.90 Å². The molecule has 0 fully saturated rings. The zero-order chi connectivity index (χ0) is 13.7. The maximum absolute atomic E-state index is 13.4. The topological polar surface area (TPSA) is 78.6 Å². The summed E-state index contributed by atoms with van der Waals surface area (Å²) in [5, 5.41) is 11.7. The molecule has 6 heteroatoms. The molecule has 18 heavy (non-hydrogen) atoms. The molecule has 0 radical (unpaired) electrons. The molecule has 0 spiro atoms. The molecule has 0 unspecified atom stereocenters. The van der Waals surface area contributed by atoms with Crippen LogP contribution in [0, 0.1) is 5.82 Å². The van der Waals surface area contributed by atoms with E-state index in [0.717, 1.165) is 25.2 Å². The largest absolute Gasteiger partial charge is 0.478 e. The summed E-state index contributed by atoms with van der Waals surface area (Å²) in [5.41, 5.74) is 5.91. The Kier molecular flexibility index (Phi) is 4.91. The highest BCUT2D eigenvalue weighted by Crippen LogP contribution is 2.22. The summed E-state index contributed by atoms with van der Waals surface area (Å²) >= 11 is 0. The molecule has 0 aliphatic carbocycles. The van der Waals surface area contributed by atoms with Gasteiger partial charge in [0.15, 0.2) is 0 Å². The monoisotopic (exact) mass is 255 g/mol. The Morgan fingerprint density at radius 3 is 2.78 bits per heavy atom. The number of anilines is 2. The number of benzene rings is 1. The van der Waals surface area contributed by atoms with Crippen molar-refractivity contribution in [1.29, 1.82) is 0 Å². The van der Waals surface area contributed by atoms with Gasteiger partial charge in [0, 0.05) is 13.1 Å². The minimum absolute atomic E-state index is 0.230. The van der Waals surface area contributed by atoms with Crippen molar-refractivity contribution in [3.05, 3.63) is 23.5 Å². The number of nitrogens with one attached hydrogen (secondary N) is 1. The molecule has 0 amide bonds. The van der Waals surface area contributed by atoms with Crippen LogP contribution in [0.1, 0.15) is 17.3 Å². The van der Waals surface area contributed by atoms with Crippen LogP contribution < -0.4 is 11.1 Å². The van der Waals surface area contributed by atoms with Gasteiger partial charge in [-0.05, 0) is 25.7 Å². The lowest BCUT2D eigenvalue weighted by molar-refractivity contribution is 0.0692. The highest BCUT2D eigenvalue weighted by molar-refractivity contribution is 5.90. The first-order chi connectivity index (χ1) is 8.45. The molecule has 100 valence electrons. The number of nitrogens with zero attached hydrogens (tertiary/aromatic N) is 1. The van der Waals surface area contributed by atoms with Gasteiger partial charge in [0.2, 0.25) is 0 Å². The van der Waals surface area contributed by atoms with E-state index in [0.29, 0.717) is 12.2 Å². The molecule has 0 aromatic heterocycles. The molecule has 0 atom stereocenters. The predicted octanol–water partition coefficient (Wildman–Crippen LogP) is 1.47. The molecule has 0 saturated heterocycles. The van der Waals surface area contributed by atoms with Gasteiger partial charge in [-0.2, -0.15) is 0 Å². The molecule has 5 nitrogen and oxygen atoms in total. The Labute approximate surface area is 105 Å². The summed E-state index contributed by atoms with van der Waals surface area (Å²) in [7, 11) is 1.97. The third-order valence-electron chi connectivity index (χ3n) is 2.72. The predicted molar refractivity (Wildman–Crippen MR) is 69.4 cm³/mol. The first-order valence-corrected chi connectivity index (χ1v) is 5.70. The lowest BCUT2D eigenvalue weighted by atomic mass is 10.1. The van der Waals surface area contributed by atoms with Gasteiger partial charge in [-0.15, -0.1) is 0 Å². The van der Waals surface area contributed by atoms with E-state index in [4.69, 9.17) is 10.8 Å². The molecule has 0 bridgehead atoms. The van der Waals surface area contributed by atoms with Crippen molar-refractivity contribution in [3.63, 3.8) is 0 Å². The number of carbonyl (C=O) groups is 1. The zero-order valence-corrected chi connectivity index (χ0v) is 10.5. The van der Waals surface area contributed by atoms with Gasteiger partial charge in [-0.3, -0.25) is 0 Å². The second-order valence-corrected chi connectivity index (χ2v) is 4.05. The number of nitrogen functional groups attached to an aromatic ring is 1. The quantitative estimate of drug-likeness (QED) is 0.671. The average molecular weight is 255 g/mol. The summed E-state index contributed by atoms with van der Waals surface area (Å²) in [6.07, 6.45) is 0. The first kappa shape index (κ1) is 14.2. The lowest BCUT2D eigenvalue weighted by Crippen LogP contribution is -2.25. The summed E-state index contributed by atoms with van der Waals surface area (Å²) in [6.45, 7) is 4.36. The van der Waals surface area contributed by atoms with E-state index >= 15 is 0 Å². The normalized spacial score (nSPS) is 10.7. The van der Waals surface area contributed by atoms with Crippen molar-refractivity contribution in [3.8, 4) is 0 Å². The summed E-state index contributed by atoms with van der Waals surface area (Å²) in [6, 6.07) is 2.24. The molecule has 0 heterocycles. The molecule has 4 N–H and O–H groups in total. The minimum atomic E-state index is -1.32. The first-order valence-electron chi connectivity index (χ1n) is 5.70. The third kappa shape index (κ3) is 3.59. The number of hydrogen-bond donors (Lipinski definition) is 3. The summed E-state index contributed by atoms with van der Waals surface area (Å²) < 4.78 is 13.4. The Bertz CT molecular complexity index is 438. The van der Waals surface area contributed by atoms with E-state index in [1.54, 1.807) is 0 Å². The van der Waals surface area contributed by atoms with E-state index in [1.165, 1.54) is 0 Å². The minimum Gasteiger partial charge on any atom is -0.478 e. The van der Waals surface area contributed by atoms with Gasteiger partial charge < -0.3 is 21.1 Å². The van der Waals surface area contributed by atoms with Crippen LogP contribution in [-0.4, -0.2) is 42.7 Å². The number of halogens is 1. The standard InChI is InChI=1S/C12H18FN3O2/c1-3-16(2)5-4-15-11-7-9(13)8(12(17)18)6-10(11)14/h6-7,15H,3-5,14H2,1-2H3,(H,17,18). The van der Waals surface area contributed by atoms with Gasteiger partial charge in [0.05, 0.1) is 16.9 Å². The fourth-order valence-corrected chi connectivity index (χ4v) is 1.45. The van der Waals surface area contributed by atoms with Crippen molar-refractivity contribution in [2.45, 2.75) is 6.92 Å². The van der Waals surface area contributed by atoms with E-state index in [9.17, 15) is 9.18 Å². The summed E-state index contributed by atoms with van der Waals surface area (Å²) in [5.74, 6) is -2.11. The Morgan fingerprint density at radius 1 is 1.56 bits per heavy atom. The van der Waals surface area contributed by atoms with Crippen LogP contribution in [0.2, 0.25) is 0 Å². The van der Waals surface area contributed by atoms with Gasteiger partial charge >= 0.3 is 5.97 Å². The molecular weight excluding hydrogens is 237 g/mol. The lowest BCUT2D eigenvalue weighted by Gasteiger charge is -2.16. The van der Waals surface area contributed by atoms with E-state index in [1.807, 2.05) is 14.0 Å². The van der Waals surface area contributed by atoms with Crippen LogP contribution in [0.25, 0.3) is 0 Å². The van der Waals surface area contributed by atoms with Crippen LogP contribution in [0.15, 0.2) is 12.1 Å². The van der Waals surface area contributed by atoms with Crippen LogP contribution in [-0.2, 0) is 0 Å². The molecule has 0 saturated carbocycles. The molecule has 1 rings (SSSR count). The highest BCUT2D eigenvalue weighted by atomic mass is 19.1. The number of hydrogen-bond acceptors (Lipinski definition) is 4. The number of rotatable bonds is 6. The van der Waals surface area contributed by atoms with E-state index in [-0.39, 0.29) is 5.69 Å². The number of carboxylic acids is 1. The van der Waals surface area contributed by atoms with E-state index in [2.05, 4.69) is 10.2 Å². The van der Waals surface area contributed by atoms with Crippen molar-refractivity contribution in [2.24, 2.45) is 0 Å². The summed E-state index contributed by atoms with van der Waals surface area (Å²) in [4.78, 5) is 12.8. The molecule has 0 aliphatic heterocycles. The van der Waals surface area contributed by atoms with Crippen molar-refractivity contribution < 1.29 is 14.3 Å². The number of nitrogens with two attached hydrogens (primary N) is 1. The Balaban J connectivity index is 2.73. The van der Waals surface area contributed by atoms with Gasteiger partial charge in [0.25, 0.3) is 0 Å². The Hall–Kier alpha value is -1.82. The third-order valence-corrected chi connectivity index (χ3v) is 2.72. The zero-order valence-electron chi connectivity index (χ0n) is 10.5. The smallest absolute Gasteiger partial charge is 0.338 e. The average Bonchev–Trinajstić information content (AvgIpc) is 2.32. The Morgan fingerprint density at radius 2 is 2.22 bits per heavy atom. The van der Waals surface area contributed by atoms with E-state index < -0.39 is 17.3 Å². The number of carboxylic acid groups (broad SMARTS) is 1. The number of likely N-dealkylation sites (N-methyl/N-ethyl adjacent to an activating group) is 1. The maximum Gasteiger partial charge on any atom is 0.338 e. The van der Waals surface area contributed by atoms with Gasteiger partial charge in [0.1, 0.15) is 5.82 Å². The van der Waals surface area contributed by atoms with Crippen LogP contribution in [0.4, 0.5) is 15.8 Å². The van der Waals surface area contributed by atoms with Crippen LogP contribution in [0.3, 0.4) is 0 Å². The molecule has 0 aliphatic rings. The molecule has 1 aromatic carbocycles. The maximum atomic E-state index is 13.4. The van der Waals surface area contributed by atoms with Crippen molar-refractivity contribution >= 4 is 17.3 Å². The molecule has 1 aromatic rings. The van der Waals surface area contributed by atoms with Crippen LogP contribution >= 0.6 is 0 Å². The highest BCUT2D eigenvalue weighted by Gasteiger charge is 2.13. The fraction of sp³-hybridized carbons (Fsp3) is 0.417. The van der Waals surface area contributed by atoms with Gasteiger partial charge in [-0.25, -0.2) is 9.18 Å². The molecular formula is C12H18FN3O2. The van der Waals surface area contributed by atoms with Crippen molar-refractivity contribution in [2.75, 3.05) is 37.7 Å². The fourth-order valence-electron chi connectivity index (χ4n) is 1.45. The number of aromatic carboxylic acids is 1. The van der Waals surface area contributed by atoms with Gasteiger partial charge in [-0.1, -0.05) is 6.92 Å². The second-order valence-electron chi connectivity index (χ2n) is 4.05. The SMILES string of the molecule is CCN(C)CCNc1cc(F)c(C(=O)O)cc1N. The second kappa shape index (κ2) is 6.20. The van der Waals surface area contributed by atoms with Crippen LogP contribution in [0.5, 0.6) is 0 Å².